The molecule has 0 amide bonds. The van der Waals surface area contributed by atoms with Crippen molar-refractivity contribution in [1.82, 2.24) is 4.98 Å². The zero-order valence-corrected chi connectivity index (χ0v) is 9.10. The van der Waals surface area contributed by atoms with Gasteiger partial charge in [0.25, 0.3) is 0 Å². The lowest BCUT2D eigenvalue weighted by Gasteiger charge is -1.97. The fourth-order valence-electron chi connectivity index (χ4n) is 1.14. The standard InChI is InChI=1S/C9H14N2O2S/c1-5(2)3-7-11-8(9(12)13)6(4-10)14-7/h5H,3-4,10H2,1-2H3,(H,12,13). The summed E-state index contributed by atoms with van der Waals surface area (Å²) in [5.41, 5.74) is 5.56. The Morgan fingerprint density at radius 2 is 2.29 bits per heavy atom. The van der Waals surface area contributed by atoms with Crippen LogP contribution in [0.2, 0.25) is 0 Å². The molecular weight excluding hydrogens is 200 g/mol. The minimum absolute atomic E-state index is 0.119. The van der Waals surface area contributed by atoms with Crippen molar-refractivity contribution < 1.29 is 9.90 Å². The molecule has 0 bridgehead atoms. The third-order valence-electron chi connectivity index (χ3n) is 1.71. The zero-order valence-electron chi connectivity index (χ0n) is 8.28. The molecule has 0 aliphatic carbocycles. The first-order valence-electron chi connectivity index (χ1n) is 4.46. The lowest BCUT2D eigenvalue weighted by molar-refractivity contribution is 0.0690. The molecule has 4 nitrogen and oxygen atoms in total. The summed E-state index contributed by atoms with van der Waals surface area (Å²) in [6.07, 6.45) is 0.810. The van der Waals surface area contributed by atoms with E-state index in [-0.39, 0.29) is 12.2 Å². The van der Waals surface area contributed by atoms with Crippen LogP contribution in [0, 0.1) is 5.92 Å². The second-order valence-electron chi connectivity index (χ2n) is 3.49. The number of hydrogen-bond donors (Lipinski definition) is 2. The number of hydrogen-bond acceptors (Lipinski definition) is 4. The summed E-state index contributed by atoms with van der Waals surface area (Å²) >= 11 is 1.40. The van der Waals surface area contributed by atoms with Gasteiger partial charge in [0.05, 0.1) is 9.88 Å². The van der Waals surface area contributed by atoms with E-state index in [1.807, 2.05) is 0 Å². The lowest BCUT2D eigenvalue weighted by Crippen LogP contribution is -2.04. The Balaban J connectivity index is 2.94. The van der Waals surface area contributed by atoms with Gasteiger partial charge in [-0.15, -0.1) is 11.3 Å². The number of carboxylic acids is 1. The van der Waals surface area contributed by atoms with E-state index in [1.54, 1.807) is 0 Å². The van der Waals surface area contributed by atoms with Crippen LogP contribution in [0.5, 0.6) is 0 Å². The van der Waals surface area contributed by atoms with Gasteiger partial charge in [0.15, 0.2) is 5.69 Å². The Labute approximate surface area is 86.8 Å². The summed E-state index contributed by atoms with van der Waals surface area (Å²) in [5, 5.41) is 9.69. The quantitative estimate of drug-likeness (QED) is 0.796. The highest BCUT2D eigenvalue weighted by Gasteiger charge is 2.16. The number of nitrogens with two attached hydrogens (primary N) is 1. The van der Waals surface area contributed by atoms with E-state index in [9.17, 15) is 4.79 Å². The Hall–Kier alpha value is -0.940. The van der Waals surface area contributed by atoms with Crippen LogP contribution in [-0.2, 0) is 13.0 Å². The molecule has 78 valence electrons. The number of aromatic nitrogens is 1. The molecule has 0 aliphatic heterocycles. The molecule has 0 spiro atoms. The average Bonchev–Trinajstić information content (AvgIpc) is 2.46. The van der Waals surface area contributed by atoms with Crippen LogP contribution in [0.4, 0.5) is 0 Å². The summed E-state index contributed by atoms with van der Waals surface area (Å²) in [4.78, 5) is 15.5. The summed E-state index contributed by atoms with van der Waals surface area (Å²) in [7, 11) is 0. The fourth-order valence-corrected chi connectivity index (χ4v) is 2.29. The van der Waals surface area contributed by atoms with Crippen molar-refractivity contribution in [3.05, 3.63) is 15.6 Å². The molecule has 0 saturated heterocycles. The van der Waals surface area contributed by atoms with Crippen molar-refractivity contribution in [2.75, 3.05) is 0 Å². The molecule has 0 aromatic carbocycles. The number of carboxylic acid groups (broad SMARTS) is 1. The van der Waals surface area contributed by atoms with E-state index in [4.69, 9.17) is 10.8 Å². The van der Waals surface area contributed by atoms with E-state index >= 15 is 0 Å². The van der Waals surface area contributed by atoms with Crippen LogP contribution >= 0.6 is 11.3 Å². The Morgan fingerprint density at radius 1 is 1.64 bits per heavy atom. The molecule has 14 heavy (non-hydrogen) atoms. The van der Waals surface area contributed by atoms with Gasteiger partial charge in [-0.3, -0.25) is 0 Å². The van der Waals surface area contributed by atoms with Gasteiger partial charge in [-0.1, -0.05) is 13.8 Å². The maximum Gasteiger partial charge on any atom is 0.355 e. The highest BCUT2D eigenvalue weighted by Crippen LogP contribution is 2.20. The van der Waals surface area contributed by atoms with Crippen molar-refractivity contribution in [2.45, 2.75) is 26.8 Å². The van der Waals surface area contributed by atoms with Crippen LogP contribution in [0.25, 0.3) is 0 Å². The first-order chi connectivity index (χ1) is 6.54. The minimum atomic E-state index is -0.989. The predicted octanol–water partition coefficient (Wildman–Crippen LogP) is 1.50. The summed E-state index contributed by atoms with van der Waals surface area (Å²) in [6, 6.07) is 0. The largest absolute Gasteiger partial charge is 0.476 e. The maximum atomic E-state index is 10.8. The van der Waals surface area contributed by atoms with Gasteiger partial charge in [-0.05, 0) is 5.92 Å². The normalized spacial score (nSPS) is 10.9. The van der Waals surface area contributed by atoms with Crippen LogP contribution in [0.3, 0.4) is 0 Å². The van der Waals surface area contributed by atoms with Crippen LogP contribution < -0.4 is 5.73 Å². The SMILES string of the molecule is CC(C)Cc1nc(C(=O)O)c(CN)s1. The number of aromatic carboxylic acids is 1. The number of carbonyl (C=O) groups is 1. The van der Waals surface area contributed by atoms with Crippen LogP contribution in [0.15, 0.2) is 0 Å². The predicted molar refractivity (Wildman–Crippen MR) is 55.5 cm³/mol. The van der Waals surface area contributed by atoms with Crippen molar-refractivity contribution in [2.24, 2.45) is 11.7 Å². The number of nitrogens with zero attached hydrogens (tertiary/aromatic N) is 1. The van der Waals surface area contributed by atoms with E-state index in [1.165, 1.54) is 11.3 Å². The van der Waals surface area contributed by atoms with Gasteiger partial charge in [0.1, 0.15) is 0 Å². The molecule has 3 N–H and O–H groups in total. The highest BCUT2D eigenvalue weighted by atomic mass is 32.1. The third kappa shape index (κ3) is 2.52. The lowest BCUT2D eigenvalue weighted by atomic mass is 10.1. The van der Waals surface area contributed by atoms with Gasteiger partial charge in [0.2, 0.25) is 0 Å². The van der Waals surface area contributed by atoms with Crippen molar-refractivity contribution in [3.63, 3.8) is 0 Å². The van der Waals surface area contributed by atoms with Gasteiger partial charge in [-0.2, -0.15) is 0 Å². The topological polar surface area (TPSA) is 76.2 Å². The van der Waals surface area contributed by atoms with E-state index < -0.39 is 5.97 Å². The van der Waals surface area contributed by atoms with E-state index in [0.29, 0.717) is 10.8 Å². The van der Waals surface area contributed by atoms with Crippen molar-refractivity contribution in [1.29, 1.82) is 0 Å². The van der Waals surface area contributed by atoms with Crippen molar-refractivity contribution in [3.8, 4) is 0 Å². The molecule has 0 atom stereocenters. The molecule has 1 rings (SSSR count). The van der Waals surface area contributed by atoms with Gasteiger partial charge >= 0.3 is 5.97 Å². The van der Waals surface area contributed by atoms with Gasteiger partial charge < -0.3 is 10.8 Å². The smallest absolute Gasteiger partial charge is 0.355 e. The zero-order chi connectivity index (χ0) is 10.7. The van der Waals surface area contributed by atoms with E-state index in [2.05, 4.69) is 18.8 Å². The maximum absolute atomic E-state index is 10.8. The van der Waals surface area contributed by atoms with Crippen LogP contribution in [-0.4, -0.2) is 16.1 Å². The molecule has 1 aromatic rings. The first kappa shape index (κ1) is 11.1. The molecule has 0 aliphatic rings. The second-order valence-corrected chi connectivity index (χ2v) is 4.65. The monoisotopic (exact) mass is 214 g/mol. The minimum Gasteiger partial charge on any atom is -0.476 e. The molecule has 0 saturated carbocycles. The average molecular weight is 214 g/mol. The summed E-state index contributed by atoms with van der Waals surface area (Å²) < 4.78 is 0. The molecule has 0 radical (unpaired) electrons. The first-order valence-corrected chi connectivity index (χ1v) is 5.28. The molecule has 1 aromatic heterocycles. The van der Waals surface area contributed by atoms with Crippen LogP contribution in [0.1, 0.15) is 34.2 Å². The van der Waals surface area contributed by atoms with Crippen molar-refractivity contribution >= 4 is 17.3 Å². The Kier molecular flexibility index (Phi) is 3.60. The molecular formula is C9H14N2O2S. The van der Waals surface area contributed by atoms with E-state index in [0.717, 1.165) is 11.4 Å². The molecule has 5 heteroatoms. The summed E-state index contributed by atoms with van der Waals surface area (Å²) in [6.45, 7) is 4.39. The number of thiazole rings is 1. The second kappa shape index (κ2) is 4.52. The molecule has 0 fully saturated rings. The Morgan fingerprint density at radius 3 is 2.64 bits per heavy atom. The van der Waals surface area contributed by atoms with Gasteiger partial charge in [-0.25, -0.2) is 9.78 Å². The Bertz CT molecular complexity index is 334. The molecule has 1 heterocycles. The molecule has 0 unspecified atom stereocenters. The highest BCUT2D eigenvalue weighted by molar-refractivity contribution is 7.11. The third-order valence-corrected chi connectivity index (χ3v) is 2.81. The fraction of sp³-hybridized carbons (Fsp3) is 0.556. The summed E-state index contributed by atoms with van der Waals surface area (Å²) in [5.74, 6) is -0.509. The van der Waals surface area contributed by atoms with Gasteiger partial charge in [0, 0.05) is 13.0 Å². The number of rotatable bonds is 4.